The third-order valence-electron chi connectivity index (χ3n) is 4.39. The van der Waals surface area contributed by atoms with Crippen LogP contribution < -0.4 is 10.6 Å². The van der Waals surface area contributed by atoms with Crippen molar-refractivity contribution < 1.29 is 4.79 Å². The smallest absolute Gasteiger partial charge is 0.268 e. The van der Waals surface area contributed by atoms with E-state index < -0.39 is 0 Å². The molecule has 4 heteroatoms. The zero-order valence-electron chi connectivity index (χ0n) is 12.9. The Bertz CT molecular complexity index is 866. The standard InChI is InChI=1S/C19H19N3O/c23-19(18-8-7-17-13-20-9-10-22(17)18)21-12-14-5-6-15-3-1-2-4-16(15)11-14/h1-8,11,20H,9-10,12-13H2,(H,21,23). The Morgan fingerprint density at radius 2 is 1.96 bits per heavy atom. The number of benzene rings is 2. The summed E-state index contributed by atoms with van der Waals surface area (Å²) < 4.78 is 2.10. The molecule has 4 nitrogen and oxygen atoms in total. The van der Waals surface area contributed by atoms with Crippen LogP contribution in [0.2, 0.25) is 0 Å². The number of hydrogen-bond donors (Lipinski definition) is 2. The zero-order valence-corrected chi connectivity index (χ0v) is 12.9. The van der Waals surface area contributed by atoms with Gasteiger partial charge in [0, 0.05) is 31.9 Å². The molecule has 0 spiro atoms. The van der Waals surface area contributed by atoms with E-state index in [1.54, 1.807) is 0 Å². The fourth-order valence-electron chi connectivity index (χ4n) is 3.16. The predicted octanol–water partition coefficient (Wildman–Crippen LogP) is 2.67. The van der Waals surface area contributed by atoms with Gasteiger partial charge in [-0.1, -0.05) is 36.4 Å². The highest BCUT2D eigenvalue weighted by Crippen LogP contribution is 2.16. The van der Waals surface area contributed by atoms with E-state index in [0.717, 1.165) is 30.9 Å². The highest BCUT2D eigenvalue weighted by Gasteiger charge is 2.16. The third-order valence-corrected chi connectivity index (χ3v) is 4.39. The lowest BCUT2D eigenvalue weighted by Gasteiger charge is -2.18. The fraction of sp³-hybridized carbons (Fsp3) is 0.211. The third kappa shape index (κ3) is 2.73. The van der Waals surface area contributed by atoms with Crippen molar-refractivity contribution in [1.82, 2.24) is 15.2 Å². The van der Waals surface area contributed by atoms with Crippen molar-refractivity contribution in [3.05, 3.63) is 71.5 Å². The number of rotatable bonds is 3. The fourth-order valence-corrected chi connectivity index (χ4v) is 3.16. The number of amides is 1. The molecule has 2 heterocycles. The first-order chi connectivity index (χ1) is 11.3. The first kappa shape index (κ1) is 14.0. The van der Waals surface area contributed by atoms with Gasteiger partial charge in [0.25, 0.3) is 5.91 Å². The summed E-state index contributed by atoms with van der Waals surface area (Å²) >= 11 is 0. The average molecular weight is 305 g/mol. The monoisotopic (exact) mass is 305 g/mol. The normalized spacial score (nSPS) is 13.7. The molecule has 4 rings (SSSR count). The van der Waals surface area contributed by atoms with E-state index in [1.807, 2.05) is 24.3 Å². The molecule has 2 N–H and O–H groups in total. The van der Waals surface area contributed by atoms with Crippen molar-refractivity contribution in [2.75, 3.05) is 6.54 Å². The first-order valence-electron chi connectivity index (χ1n) is 7.96. The maximum absolute atomic E-state index is 12.5. The maximum atomic E-state index is 12.5. The summed E-state index contributed by atoms with van der Waals surface area (Å²) in [6.45, 7) is 3.13. The predicted molar refractivity (Wildman–Crippen MR) is 91.3 cm³/mol. The lowest BCUT2D eigenvalue weighted by Crippen LogP contribution is -2.32. The summed E-state index contributed by atoms with van der Waals surface area (Å²) in [5, 5.41) is 8.77. The molecular formula is C19H19N3O. The topological polar surface area (TPSA) is 46.1 Å². The van der Waals surface area contributed by atoms with Crippen molar-refractivity contribution in [1.29, 1.82) is 0 Å². The molecule has 2 aromatic carbocycles. The summed E-state index contributed by atoms with van der Waals surface area (Å²) in [6.07, 6.45) is 0. The molecule has 0 fully saturated rings. The quantitative estimate of drug-likeness (QED) is 0.781. The van der Waals surface area contributed by atoms with Crippen LogP contribution in [-0.4, -0.2) is 17.0 Å². The molecule has 0 bridgehead atoms. The number of carbonyl (C=O) groups excluding carboxylic acids is 1. The van der Waals surface area contributed by atoms with E-state index in [4.69, 9.17) is 0 Å². The molecule has 0 unspecified atom stereocenters. The van der Waals surface area contributed by atoms with Gasteiger partial charge >= 0.3 is 0 Å². The van der Waals surface area contributed by atoms with Gasteiger partial charge < -0.3 is 15.2 Å². The molecule has 3 aromatic rings. The van der Waals surface area contributed by atoms with E-state index in [9.17, 15) is 4.79 Å². The molecule has 1 aromatic heterocycles. The Balaban J connectivity index is 1.49. The summed E-state index contributed by atoms with van der Waals surface area (Å²) in [5.74, 6) is -0.00805. The minimum atomic E-state index is -0.00805. The van der Waals surface area contributed by atoms with Crippen LogP contribution in [0.15, 0.2) is 54.6 Å². The van der Waals surface area contributed by atoms with Crippen molar-refractivity contribution in [3.8, 4) is 0 Å². The Morgan fingerprint density at radius 1 is 1.09 bits per heavy atom. The van der Waals surface area contributed by atoms with Gasteiger partial charge in [-0.3, -0.25) is 4.79 Å². The lowest BCUT2D eigenvalue weighted by atomic mass is 10.1. The highest BCUT2D eigenvalue weighted by molar-refractivity contribution is 5.93. The second-order valence-electron chi connectivity index (χ2n) is 5.90. The van der Waals surface area contributed by atoms with Gasteiger partial charge in [0.1, 0.15) is 5.69 Å². The largest absolute Gasteiger partial charge is 0.347 e. The lowest BCUT2D eigenvalue weighted by molar-refractivity contribution is 0.0940. The summed E-state index contributed by atoms with van der Waals surface area (Å²) in [5.41, 5.74) is 3.04. The van der Waals surface area contributed by atoms with Gasteiger partial charge in [0.15, 0.2) is 0 Å². The summed E-state index contributed by atoms with van der Waals surface area (Å²) in [4.78, 5) is 12.5. The molecule has 0 atom stereocenters. The van der Waals surface area contributed by atoms with Gasteiger partial charge in [-0.2, -0.15) is 0 Å². The molecule has 1 aliphatic rings. The number of aromatic nitrogens is 1. The number of nitrogens with zero attached hydrogens (tertiary/aromatic N) is 1. The second kappa shape index (κ2) is 5.89. The molecule has 1 aliphatic heterocycles. The van der Waals surface area contributed by atoms with E-state index in [1.165, 1.54) is 16.5 Å². The first-order valence-corrected chi connectivity index (χ1v) is 7.96. The van der Waals surface area contributed by atoms with Gasteiger partial charge in [0.05, 0.1) is 0 Å². The van der Waals surface area contributed by atoms with Crippen LogP contribution in [0.4, 0.5) is 0 Å². The van der Waals surface area contributed by atoms with Crippen LogP contribution in [0.3, 0.4) is 0 Å². The molecule has 23 heavy (non-hydrogen) atoms. The Kier molecular flexibility index (Phi) is 3.60. The maximum Gasteiger partial charge on any atom is 0.268 e. The molecule has 1 amide bonds. The average Bonchev–Trinajstić information content (AvgIpc) is 3.03. The van der Waals surface area contributed by atoms with E-state index in [0.29, 0.717) is 6.54 Å². The van der Waals surface area contributed by atoms with Crippen LogP contribution >= 0.6 is 0 Å². The zero-order chi connectivity index (χ0) is 15.6. The van der Waals surface area contributed by atoms with E-state index in [2.05, 4.69) is 45.5 Å². The Labute approximate surface area is 135 Å². The number of nitrogens with one attached hydrogen (secondary N) is 2. The SMILES string of the molecule is O=C(NCc1ccc2ccccc2c1)c1ccc2n1CCNC2. The van der Waals surface area contributed by atoms with Crippen molar-refractivity contribution >= 4 is 16.7 Å². The Morgan fingerprint density at radius 3 is 2.87 bits per heavy atom. The molecular weight excluding hydrogens is 286 g/mol. The minimum Gasteiger partial charge on any atom is -0.347 e. The van der Waals surface area contributed by atoms with Crippen LogP contribution in [0.25, 0.3) is 10.8 Å². The minimum absolute atomic E-state index is 0.00805. The van der Waals surface area contributed by atoms with Crippen molar-refractivity contribution in [3.63, 3.8) is 0 Å². The van der Waals surface area contributed by atoms with Crippen LogP contribution in [0.1, 0.15) is 21.7 Å². The van der Waals surface area contributed by atoms with E-state index in [-0.39, 0.29) is 5.91 Å². The number of carbonyl (C=O) groups is 1. The summed E-state index contributed by atoms with van der Waals surface area (Å²) in [7, 11) is 0. The molecule has 0 saturated heterocycles. The van der Waals surface area contributed by atoms with E-state index >= 15 is 0 Å². The van der Waals surface area contributed by atoms with Gasteiger partial charge in [-0.15, -0.1) is 0 Å². The molecule has 116 valence electrons. The van der Waals surface area contributed by atoms with Crippen LogP contribution in [-0.2, 0) is 19.6 Å². The molecule has 0 saturated carbocycles. The van der Waals surface area contributed by atoms with Crippen LogP contribution in [0.5, 0.6) is 0 Å². The van der Waals surface area contributed by atoms with Gasteiger partial charge in [0.2, 0.25) is 0 Å². The molecule has 0 radical (unpaired) electrons. The number of fused-ring (bicyclic) bond motifs is 2. The van der Waals surface area contributed by atoms with Crippen LogP contribution in [0, 0.1) is 0 Å². The van der Waals surface area contributed by atoms with Crippen molar-refractivity contribution in [2.24, 2.45) is 0 Å². The summed E-state index contributed by atoms with van der Waals surface area (Å²) in [6, 6.07) is 18.5. The highest BCUT2D eigenvalue weighted by atomic mass is 16.1. The molecule has 0 aliphatic carbocycles. The van der Waals surface area contributed by atoms with Gasteiger partial charge in [-0.25, -0.2) is 0 Å². The van der Waals surface area contributed by atoms with Gasteiger partial charge in [-0.05, 0) is 34.5 Å². The van der Waals surface area contributed by atoms with Crippen molar-refractivity contribution in [2.45, 2.75) is 19.6 Å². The Hall–Kier alpha value is -2.59. The second-order valence-corrected chi connectivity index (χ2v) is 5.90. The number of hydrogen-bond acceptors (Lipinski definition) is 2.